The third-order valence-corrected chi connectivity index (χ3v) is 1.00. The van der Waals surface area contributed by atoms with E-state index in [0.717, 1.165) is 0 Å². The summed E-state index contributed by atoms with van der Waals surface area (Å²) in [5, 5.41) is 8.23. The summed E-state index contributed by atoms with van der Waals surface area (Å²) in [7, 11) is 0. The second-order valence-electron chi connectivity index (χ2n) is 2.24. The van der Waals surface area contributed by atoms with E-state index in [1.54, 1.807) is 13.8 Å². The van der Waals surface area contributed by atoms with E-state index in [4.69, 9.17) is 15.6 Å². The third-order valence-electron chi connectivity index (χ3n) is 1.00. The fourth-order valence-electron chi connectivity index (χ4n) is 0.285. The monoisotopic (exact) mass is 162 g/mol. The number of primary amides is 1. The lowest BCUT2D eigenvalue weighted by molar-refractivity contribution is -0.139. The predicted octanol–water partition coefficient (Wildman–Crippen LogP) is -0.844. The minimum absolute atomic E-state index is 0.0208. The van der Waals surface area contributed by atoms with Crippen LogP contribution in [0.4, 0.5) is 0 Å². The summed E-state index contributed by atoms with van der Waals surface area (Å²) in [5.41, 5.74) is 9.33. The number of hydrogen-bond acceptors (Lipinski definition) is 3. The predicted molar refractivity (Wildman–Crippen MR) is 40.7 cm³/mol. The normalized spacial score (nSPS) is 11.3. The summed E-state index contributed by atoms with van der Waals surface area (Å²) >= 11 is 0. The number of rotatable bonds is 2. The van der Waals surface area contributed by atoms with Gasteiger partial charge in [-0.1, -0.05) is 13.8 Å². The molecule has 0 spiro atoms. The van der Waals surface area contributed by atoms with Crippen molar-refractivity contribution in [1.29, 1.82) is 0 Å². The third kappa shape index (κ3) is 8.90. The zero-order chi connectivity index (χ0) is 9.44. The molecular weight excluding hydrogens is 148 g/mol. The smallest absolute Gasteiger partial charge is 0.320 e. The second-order valence-corrected chi connectivity index (χ2v) is 2.24. The molecule has 0 aliphatic heterocycles. The van der Waals surface area contributed by atoms with Gasteiger partial charge < -0.3 is 16.6 Å². The Bertz CT molecular complexity index is 125. The molecule has 5 heteroatoms. The molecule has 0 radical (unpaired) electrons. The summed E-state index contributed by atoms with van der Waals surface area (Å²) in [6, 6.07) is -0.713. The maximum atomic E-state index is 10.0. The van der Waals surface area contributed by atoms with Gasteiger partial charge in [-0.3, -0.25) is 9.59 Å². The molecule has 0 heterocycles. The standard InChI is InChI=1S/C5H11NO2.CH3NO/c1-3(2)4(6)5(7)8;2-1-3/h3-4H,6H2,1-2H3,(H,7,8);1H,(H2,2,3)/t4-;/m1./s1. The summed E-state index contributed by atoms with van der Waals surface area (Å²) in [4.78, 5) is 18.6. The quantitative estimate of drug-likeness (QED) is 0.460. The molecule has 0 aromatic heterocycles. The van der Waals surface area contributed by atoms with Crippen molar-refractivity contribution in [3.63, 3.8) is 0 Å². The molecule has 0 saturated carbocycles. The molecule has 5 nitrogen and oxygen atoms in total. The van der Waals surface area contributed by atoms with Gasteiger partial charge in [0.1, 0.15) is 6.04 Å². The van der Waals surface area contributed by atoms with Gasteiger partial charge >= 0.3 is 5.97 Å². The van der Waals surface area contributed by atoms with Gasteiger partial charge in [0.05, 0.1) is 0 Å². The Balaban J connectivity index is 0. The topological polar surface area (TPSA) is 106 Å². The number of hydrogen-bond donors (Lipinski definition) is 3. The number of nitrogens with two attached hydrogens (primary N) is 2. The molecule has 66 valence electrons. The van der Waals surface area contributed by atoms with E-state index in [1.165, 1.54) is 0 Å². The van der Waals surface area contributed by atoms with Crippen LogP contribution < -0.4 is 11.5 Å². The molecule has 0 aliphatic rings. The van der Waals surface area contributed by atoms with Crippen molar-refractivity contribution in [2.75, 3.05) is 0 Å². The van der Waals surface area contributed by atoms with E-state index < -0.39 is 12.0 Å². The van der Waals surface area contributed by atoms with Crippen LogP contribution in [0.3, 0.4) is 0 Å². The highest BCUT2D eigenvalue weighted by Crippen LogP contribution is 1.96. The van der Waals surface area contributed by atoms with Crippen molar-refractivity contribution in [2.45, 2.75) is 19.9 Å². The maximum Gasteiger partial charge on any atom is 0.320 e. The Morgan fingerprint density at radius 2 is 1.82 bits per heavy atom. The Morgan fingerprint density at radius 1 is 1.55 bits per heavy atom. The van der Waals surface area contributed by atoms with Gasteiger partial charge in [0.15, 0.2) is 0 Å². The number of carbonyl (C=O) groups excluding carboxylic acids is 1. The highest BCUT2D eigenvalue weighted by Gasteiger charge is 2.14. The number of carboxylic acid groups (broad SMARTS) is 1. The van der Waals surface area contributed by atoms with E-state index in [1.807, 2.05) is 0 Å². The molecular formula is C6H14N2O3. The van der Waals surface area contributed by atoms with Crippen LogP contribution in [0.15, 0.2) is 0 Å². The van der Waals surface area contributed by atoms with E-state index >= 15 is 0 Å². The van der Waals surface area contributed by atoms with Gasteiger partial charge in [-0.25, -0.2) is 0 Å². The number of carbonyl (C=O) groups is 2. The molecule has 0 rings (SSSR count). The fraction of sp³-hybridized carbons (Fsp3) is 0.667. The minimum atomic E-state index is -0.931. The van der Waals surface area contributed by atoms with Crippen LogP contribution in [0.2, 0.25) is 0 Å². The van der Waals surface area contributed by atoms with Crippen LogP contribution in [-0.2, 0) is 9.59 Å². The molecule has 1 atom stereocenters. The van der Waals surface area contributed by atoms with Crippen molar-refractivity contribution in [3.8, 4) is 0 Å². The molecule has 0 aliphatic carbocycles. The maximum absolute atomic E-state index is 10.0. The van der Waals surface area contributed by atoms with Crippen molar-refractivity contribution in [2.24, 2.45) is 17.4 Å². The molecule has 0 bridgehead atoms. The van der Waals surface area contributed by atoms with Crippen molar-refractivity contribution < 1.29 is 14.7 Å². The van der Waals surface area contributed by atoms with Crippen molar-refractivity contribution in [1.82, 2.24) is 0 Å². The van der Waals surface area contributed by atoms with Crippen molar-refractivity contribution >= 4 is 12.4 Å². The first kappa shape index (κ1) is 12.6. The van der Waals surface area contributed by atoms with Crippen molar-refractivity contribution in [3.05, 3.63) is 0 Å². The summed E-state index contributed by atoms with van der Waals surface area (Å²) in [6.45, 7) is 3.55. The Morgan fingerprint density at radius 3 is 1.82 bits per heavy atom. The number of amides is 1. The van der Waals surface area contributed by atoms with E-state index in [-0.39, 0.29) is 12.3 Å². The van der Waals surface area contributed by atoms with Crippen LogP contribution in [0.5, 0.6) is 0 Å². The molecule has 11 heavy (non-hydrogen) atoms. The first-order valence-corrected chi connectivity index (χ1v) is 3.11. The Kier molecular flexibility index (Phi) is 8.01. The minimum Gasteiger partial charge on any atom is -0.480 e. The van der Waals surface area contributed by atoms with Gasteiger partial charge in [0.25, 0.3) is 0 Å². The highest BCUT2D eigenvalue weighted by atomic mass is 16.4. The summed E-state index contributed by atoms with van der Waals surface area (Å²) < 4.78 is 0. The highest BCUT2D eigenvalue weighted by molar-refractivity contribution is 5.73. The van der Waals surface area contributed by atoms with Crippen LogP contribution in [0, 0.1) is 5.92 Å². The molecule has 0 saturated heterocycles. The SMILES string of the molecule is CC(C)[C@@H](N)C(=O)O.NC=O. The second kappa shape index (κ2) is 7.01. The lowest BCUT2D eigenvalue weighted by Gasteiger charge is -2.07. The van der Waals surface area contributed by atoms with Crippen LogP contribution in [0.1, 0.15) is 13.8 Å². The average Bonchev–Trinajstić information content (AvgIpc) is 1.87. The molecule has 0 aromatic carbocycles. The number of aliphatic carboxylic acids is 1. The molecule has 0 unspecified atom stereocenters. The van der Waals surface area contributed by atoms with Gasteiger partial charge in [0.2, 0.25) is 6.41 Å². The van der Waals surface area contributed by atoms with E-state index in [0.29, 0.717) is 0 Å². The van der Waals surface area contributed by atoms with Gasteiger partial charge in [-0.05, 0) is 5.92 Å². The van der Waals surface area contributed by atoms with Gasteiger partial charge in [0, 0.05) is 0 Å². The molecule has 0 fully saturated rings. The fourth-order valence-corrected chi connectivity index (χ4v) is 0.285. The largest absolute Gasteiger partial charge is 0.480 e. The van der Waals surface area contributed by atoms with Crippen LogP contribution in [0.25, 0.3) is 0 Å². The lowest BCUT2D eigenvalue weighted by atomic mass is 10.1. The first-order valence-electron chi connectivity index (χ1n) is 3.11. The molecule has 1 amide bonds. The number of carboxylic acids is 1. The molecule has 5 N–H and O–H groups in total. The zero-order valence-electron chi connectivity index (χ0n) is 6.65. The Hall–Kier alpha value is -1.10. The Labute approximate surface area is 65.4 Å². The van der Waals surface area contributed by atoms with Gasteiger partial charge in [-0.2, -0.15) is 0 Å². The summed E-state index contributed by atoms with van der Waals surface area (Å²) in [6.07, 6.45) is 0.250. The van der Waals surface area contributed by atoms with Crippen LogP contribution in [-0.4, -0.2) is 23.5 Å². The van der Waals surface area contributed by atoms with Crippen LogP contribution >= 0.6 is 0 Å². The summed E-state index contributed by atoms with van der Waals surface area (Å²) in [5.74, 6) is -0.910. The zero-order valence-corrected chi connectivity index (χ0v) is 6.65. The average molecular weight is 162 g/mol. The van der Waals surface area contributed by atoms with E-state index in [9.17, 15) is 4.79 Å². The first-order chi connectivity index (χ1) is 4.97. The van der Waals surface area contributed by atoms with Gasteiger partial charge in [-0.15, -0.1) is 0 Å². The van der Waals surface area contributed by atoms with E-state index in [2.05, 4.69) is 5.73 Å². The lowest BCUT2D eigenvalue weighted by Crippen LogP contribution is -2.34. The molecule has 0 aromatic rings.